The molecule has 0 aliphatic heterocycles. The van der Waals surface area contributed by atoms with Gasteiger partial charge in [0.1, 0.15) is 5.69 Å². The zero-order valence-corrected chi connectivity index (χ0v) is 9.71. The maximum atomic E-state index is 4.39. The van der Waals surface area contributed by atoms with Crippen molar-refractivity contribution >= 4 is 32.5 Å². The van der Waals surface area contributed by atoms with Crippen LogP contribution in [0.3, 0.4) is 0 Å². The highest BCUT2D eigenvalue weighted by Crippen LogP contribution is 2.31. The van der Waals surface area contributed by atoms with Crippen molar-refractivity contribution in [2.75, 3.05) is 0 Å². The molecule has 0 saturated heterocycles. The lowest BCUT2D eigenvalue weighted by Gasteiger charge is -1.97. The van der Waals surface area contributed by atoms with E-state index in [0.717, 1.165) is 22.3 Å². The summed E-state index contributed by atoms with van der Waals surface area (Å²) < 4.78 is 1.22. The van der Waals surface area contributed by atoms with Gasteiger partial charge in [-0.3, -0.25) is 5.10 Å². The highest BCUT2D eigenvalue weighted by molar-refractivity contribution is 7.17. The summed E-state index contributed by atoms with van der Waals surface area (Å²) in [6.07, 6.45) is 1.96. The van der Waals surface area contributed by atoms with E-state index < -0.39 is 0 Å². The fourth-order valence-electron chi connectivity index (χ4n) is 2.14. The lowest BCUT2D eigenvalue weighted by atomic mass is 10.1. The first-order chi connectivity index (χ1) is 8.42. The van der Waals surface area contributed by atoms with Crippen molar-refractivity contribution in [3.63, 3.8) is 0 Å². The minimum Gasteiger partial charge on any atom is -0.361 e. The number of aromatic amines is 2. The molecule has 0 aliphatic rings. The highest BCUT2D eigenvalue weighted by atomic mass is 32.1. The predicted octanol–water partition coefficient (Wildman–Crippen LogP) is 3.77. The normalized spacial score (nSPS) is 11.5. The van der Waals surface area contributed by atoms with Crippen molar-refractivity contribution < 1.29 is 0 Å². The van der Waals surface area contributed by atoms with Crippen LogP contribution >= 0.6 is 11.3 Å². The Bertz CT molecular complexity index is 806. The molecule has 0 spiro atoms. The summed E-state index contributed by atoms with van der Waals surface area (Å²) >= 11 is 1.72. The summed E-state index contributed by atoms with van der Waals surface area (Å²) in [5.74, 6) is 0. The Morgan fingerprint density at radius 2 is 2.06 bits per heavy atom. The van der Waals surface area contributed by atoms with E-state index in [-0.39, 0.29) is 0 Å². The van der Waals surface area contributed by atoms with Crippen LogP contribution in [0.2, 0.25) is 0 Å². The third kappa shape index (κ3) is 1.24. The lowest BCUT2D eigenvalue weighted by Crippen LogP contribution is -1.78. The number of rotatable bonds is 1. The molecule has 0 unspecified atom stereocenters. The maximum Gasteiger partial charge on any atom is 0.110 e. The molecule has 0 aliphatic carbocycles. The standard InChI is InChI=1S/C13H9N3S/c1-2-10-8(3-5-14-10)7-9(1)12-13-11(15-16-12)4-6-17-13/h1-7,14H,(H,15,16). The van der Waals surface area contributed by atoms with Gasteiger partial charge in [-0.1, -0.05) is 6.07 Å². The van der Waals surface area contributed by atoms with Crippen molar-refractivity contribution in [3.8, 4) is 11.3 Å². The highest BCUT2D eigenvalue weighted by Gasteiger charge is 2.09. The molecule has 3 heterocycles. The van der Waals surface area contributed by atoms with Gasteiger partial charge in [-0.15, -0.1) is 11.3 Å². The molecule has 0 bridgehead atoms. The van der Waals surface area contributed by atoms with Crippen LogP contribution in [-0.2, 0) is 0 Å². The summed E-state index contributed by atoms with van der Waals surface area (Å²) in [6.45, 7) is 0. The quantitative estimate of drug-likeness (QED) is 0.521. The number of benzene rings is 1. The summed E-state index contributed by atoms with van der Waals surface area (Å²) in [4.78, 5) is 3.20. The summed E-state index contributed by atoms with van der Waals surface area (Å²) in [6, 6.07) is 10.5. The van der Waals surface area contributed by atoms with Crippen LogP contribution in [0.15, 0.2) is 41.9 Å². The molecule has 0 amide bonds. The number of nitrogens with zero attached hydrogens (tertiary/aromatic N) is 1. The van der Waals surface area contributed by atoms with E-state index in [1.165, 1.54) is 10.1 Å². The molecule has 0 saturated carbocycles. The van der Waals surface area contributed by atoms with E-state index in [1.54, 1.807) is 11.3 Å². The Hall–Kier alpha value is -2.07. The summed E-state index contributed by atoms with van der Waals surface area (Å²) in [5, 5.41) is 10.8. The molecular formula is C13H9N3S. The molecule has 1 aromatic carbocycles. The first-order valence-corrected chi connectivity index (χ1v) is 6.29. The lowest BCUT2D eigenvalue weighted by molar-refractivity contribution is 1.12. The van der Waals surface area contributed by atoms with Crippen molar-refractivity contribution in [2.45, 2.75) is 0 Å². The van der Waals surface area contributed by atoms with Crippen LogP contribution in [-0.4, -0.2) is 15.2 Å². The molecule has 2 N–H and O–H groups in total. The Balaban J connectivity index is 2.01. The Kier molecular flexibility index (Phi) is 1.70. The maximum absolute atomic E-state index is 4.39. The molecule has 4 aromatic rings. The Morgan fingerprint density at radius 1 is 1.06 bits per heavy atom. The van der Waals surface area contributed by atoms with Crippen molar-refractivity contribution in [2.24, 2.45) is 0 Å². The molecular weight excluding hydrogens is 230 g/mol. The number of hydrogen-bond acceptors (Lipinski definition) is 2. The van der Waals surface area contributed by atoms with Gasteiger partial charge in [-0.25, -0.2) is 0 Å². The number of nitrogens with one attached hydrogen (secondary N) is 2. The SMILES string of the molecule is c1cc2cc(-c3n[nH]c4ccsc34)ccc2[nH]1. The third-order valence-electron chi connectivity index (χ3n) is 3.00. The number of hydrogen-bond donors (Lipinski definition) is 2. The van der Waals surface area contributed by atoms with Crippen molar-refractivity contribution in [1.82, 2.24) is 15.2 Å². The minimum absolute atomic E-state index is 1.04. The van der Waals surface area contributed by atoms with Crippen LogP contribution in [0.1, 0.15) is 0 Å². The van der Waals surface area contributed by atoms with Crippen LogP contribution in [0, 0.1) is 0 Å². The van der Waals surface area contributed by atoms with Gasteiger partial charge in [0, 0.05) is 22.7 Å². The third-order valence-corrected chi connectivity index (χ3v) is 3.92. The minimum atomic E-state index is 1.04. The molecule has 3 nitrogen and oxygen atoms in total. The molecule has 0 fully saturated rings. The second-order valence-corrected chi connectivity index (χ2v) is 4.93. The van der Waals surface area contributed by atoms with Gasteiger partial charge in [0.15, 0.2) is 0 Å². The fraction of sp³-hybridized carbons (Fsp3) is 0. The molecule has 3 aromatic heterocycles. The Labute approximate surface area is 101 Å². The van der Waals surface area contributed by atoms with Crippen LogP contribution in [0.4, 0.5) is 0 Å². The van der Waals surface area contributed by atoms with Gasteiger partial charge >= 0.3 is 0 Å². The summed E-state index contributed by atoms with van der Waals surface area (Å²) in [7, 11) is 0. The van der Waals surface area contributed by atoms with Gasteiger partial charge in [0.05, 0.1) is 10.2 Å². The number of H-pyrrole nitrogens is 2. The average molecular weight is 239 g/mol. The summed E-state index contributed by atoms with van der Waals surface area (Å²) in [5.41, 5.74) is 4.47. The zero-order valence-electron chi connectivity index (χ0n) is 8.90. The largest absolute Gasteiger partial charge is 0.361 e. The van der Waals surface area contributed by atoms with Crippen molar-refractivity contribution in [1.29, 1.82) is 0 Å². The second-order valence-electron chi connectivity index (χ2n) is 4.02. The first-order valence-electron chi connectivity index (χ1n) is 5.41. The number of aromatic nitrogens is 3. The van der Waals surface area contributed by atoms with E-state index in [4.69, 9.17) is 0 Å². The molecule has 4 heteroatoms. The van der Waals surface area contributed by atoms with E-state index >= 15 is 0 Å². The monoisotopic (exact) mass is 239 g/mol. The molecule has 0 atom stereocenters. The molecule has 82 valence electrons. The topological polar surface area (TPSA) is 44.5 Å². The molecule has 17 heavy (non-hydrogen) atoms. The van der Waals surface area contributed by atoms with Crippen LogP contribution in [0.5, 0.6) is 0 Å². The van der Waals surface area contributed by atoms with Crippen molar-refractivity contribution in [3.05, 3.63) is 41.9 Å². The molecule has 4 rings (SSSR count). The average Bonchev–Trinajstić information content (AvgIpc) is 3.03. The van der Waals surface area contributed by atoms with Gasteiger partial charge in [-0.05, 0) is 29.6 Å². The van der Waals surface area contributed by atoms with Gasteiger partial charge in [0.2, 0.25) is 0 Å². The van der Waals surface area contributed by atoms with Gasteiger partial charge in [-0.2, -0.15) is 5.10 Å². The van der Waals surface area contributed by atoms with E-state index in [1.807, 2.05) is 6.20 Å². The van der Waals surface area contributed by atoms with Gasteiger partial charge in [0.25, 0.3) is 0 Å². The van der Waals surface area contributed by atoms with Gasteiger partial charge < -0.3 is 4.98 Å². The predicted molar refractivity (Wildman–Crippen MR) is 71.3 cm³/mol. The molecule has 0 radical (unpaired) electrons. The first kappa shape index (κ1) is 9.01. The smallest absolute Gasteiger partial charge is 0.110 e. The number of fused-ring (bicyclic) bond motifs is 2. The number of thiophene rings is 1. The van der Waals surface area contributed by atoms with E-state index in [0.29, 0.717) is 0 Å². The van der Waals surface area contributed by atoms with Crippen LogP contribution < -0.4 is 0 Å². The van der Waals surface area contributed by atoms with E-state index in [2.05, 4.69) is 50.9 Å². The second kappa shape index (κ2) is 3.21. The zero-order chi connectivity index (χ0) is 11.2. The fourth-order valence-corrected chi connectivity index (χ4v) is 3.00. The van der Waals surface area contributed by atoms with E-state index in [9.17, 15) is 0 Å². The Morgan fingerprint density at radius 3 is 3.06 bits per heavy atom. The van der Waals surface area contributed by atoms with Crippen LogP contribution in [0.25, 0.3) is 32.4 Å².